The molecular formula is C20H15F3. The van der Waals surface area contributed by atoms with Crippen LogP contribution in [0.5, 0.6) is 0 Å². The van der Waals surface area contributed by atoms with Crippen molar-refractivity contribution >= 4 is 10.8 Å². The van der Waals surface area contributed by atoms with E-state index in [-0.39, 0.29) is 11.2 Å². The quantitative estimate of drug-likeness (QED) is 0.515. The van der Waals surface area contributed by atoms with Gasteiger partial charge in [-0.05, 0) is 47.6 Å². The van der Waals surface area contributed by atoms with Crippen LogP contribution in [0.3, 0.4) is 0 Å². The van der Waals surface area contributed by atoms with E-state index in [2.05, 4.69) is 6.58 Å². The highest BCUT2D eigenvalue weighted by molar-refractivity contribution is 5.88. The summed E-state index contributed by atoms with van der Waals surface area (Å²) in [6.07, 6.45) is 3.32. The summed E-state index contributed by atoms with van der Waals surface area (Å²) in [7, 11) is 0. The molecule has 0 radical (unpaired) electrons. The molecule has 0 saturated carbocycles. The molecule has 0 aliphatic rings. The largest absolute Gasteiger partial charge is 0.206 e. The van der Waals surface area contributed by atoms with Crippen LogP contribution in [0.4, 0.5) is 13.2 Å². The molecule has 0 bridgehead atoms. The van der Waals surface area contributed by atoms with Crippen LogP contribution in [0, 0.1) is 17.5 Å². The number of hydrogen-bond donors (Lipinski definition) is 0. The van der Waals surface area contributed by atoms with Crippen LogP contribution >= 0.6 is 0 Å². The van der Waals surface area contributed by atoms with Gasteiger partial charge in [-0.3, -0.25) is 0 Å². The molecule has 3 aromatic rings. The van der Waals surface area contributed by atoms with Gasteiger partial charge >= 0.3 is 0 Å². The molecule has 0 saturated heterocycles. The van der Waals surface area contributed by atoms with E-state index in [0.717, 1.165) is 24.5 Å². The lowest BCUT2D eigenvalue weighted by molar-refractivity contribution is 0.517. The van der Waals surface area contributed by atoms with Crippen molar-refractivity contribution in [3.63, 3.8) is 0 Å². The maximum atomic E-state index is 14.3. The lowest BCUT2D eigenvalue weighted by atomic mass is 9.98. The van der Waals surface area contributed by atoms with Crippen LogP contribution < -0.4 is 0 Å². The van der Waals surface area contributed by atoms with Gasteiger partial charge in [-0.25, -0.2) is 13.2 Å². The highest BCUT2D eigenvalue weighted by atomic mass is 19.2. The van der Waals surface area contributed by atoms with Crippen molar-refractivity contribution in [2.75, 3.05) is 0 Å². The van der Waals surface area contributed by atoms with E-state index in [4.69, 9.17) is 0 Å². The molecule has 23 heavy (non-hydrogen) atoms. The molecule has 0 aromatic heterocycles. The summed E-state index contributed by atoms with van der Waals surface area (Å²) < 4.78 is 41.3. The van der Waals surface area contributed by atoms with Gasteiger partial charge in [0.25, 0.3) is 0 Å². The predicted molar refractivity (Wildman–Crippen MR) is 87.8 cm³/mol. The van der Waals surface area contributed by atoms with Crippen LogP contribution in [0.25, 0.3) is 21.9 Å². The summed E-state index contributed by atoms with van der Waals surface area (Å²) in [5, 5.41) is 0.730. The zero-order valence-electron chi connectivity index (χ0n) is 12.5. The van der Waals surface area contributed by atoms with Gasteiger partial charge in [0.1, 0.15) is 5.82 Å². The summed E-state index contributed by atoms with van der Waals surface area (Å²) in [6.45, 7) is 3.65. The van der Waals surface area contributed by atoms with Crippen LogP contribution in [0.15, 0.2) is 61.2 Å². The van der Waals surface area contributed by atoms with Gasteiger partial charge in [0.2, 0.25) is 0 Å². The summed E-state index contributed by atoms with van der Waals surface area (Å²) in [5.74, 6) is -2.09. The Kier molecular flexibility index (Phi) is 4.20. The lowest BCUT2D eigenvalue weighted by Gasteiger charge is -2.08. The third-order valence-corrected chi connectivity index (χ3v) is 3.89. The van der Waals surface area contributed by atoms with Crippen molar-refractivity contribution in [1.82, 2.24) is 0 Å². The Morgan fingerprint density at radius 1 is 0.870 bits per heavy atom. The normalized spacial score (nSPS) is 10.9. The predicted octanol–water partition coefficient (Wildman–Crippen LogP) is 6.04. The number of allylic oxidation sites excluding steroid dienone is 1. The van der Waals surface area contributed by atoms with Gasteiger partial charge in [-0.1, -0.05) is 36.4 Å². The smallest absolute Gasteiger partial charge is 0.166 e. The van der Waals surface area contributed by atoms with Gasteiger partial charge in [-0.2, -0.15) is 0 Å². The van der Waals surface area contributed by atoms with Gasteiger partial charge < -0.3 is 0 Å². The molecule has 0 aliphatic heterocycles. The average molecular weight is 312 g/mol. The molecule has 0 nitrogen and oxygen atoms in total. The Morgan fingerprint density at radius 2 is 1.70 bits per heavy atom. The Hall–Kier alpha value is -2.55. The van der Waals surface area contributed by atoms with Gasteiger partial charge in [0.05, 0.1) is 0 Å². The van der Waals surface area contributed by atoms with Crippen LogP contribution in [-0.2, 0) is 6.42 Å². The molecular weight excluding hydrogens is 297 g/mol. The number of halogens is 3. The van der Waals surface area contributed by atoms with Crippen LogP contribution in [0.1, 0.15) is 12.0 Å². The number of hydrogen-bond acceptors (Lipinski definition) is 0. The molecule has 0 unspecified atom stereocenters. The SMILES string of the molecule is C=CCCc1ccc(-c2ccc3c(F)c(F)ccc3c2)c(F)c1. The summed E-state index contributed by atoms with van der Waals surface area (Å²) in [4.78, 5) is 0. The number of rotatable bonds is 4. The third kappa shape index (κ3) is 3.00. The molecule has 0 spiro atoms. The molecule has 0 fully saturated rings. The van der Waals surface area contributed by atoms with Gasteiger partial charge in [-0.15, -0.1) is 6.58 Å². The Balaban J connectivity index is 2.03. The molecule has 116 valence electrons. The van der Waals surface area contributed by atoms with Gasteiger partial charge in [0.15, 0.2) is 11.6 Å². The third-order valence-electron chi connectivity index (χ3n) is 3.89. The molecule has 3 aromatic carbocycles. The maximum Gasteiger partial charge on any atom is 0.166 e. The van der Waals surface area contributed by atoms with E-state index >= 15 is 0 Å². The molecule has 0 N–H and O–H groups in total. The lowest BCUT2D eigenvalue weighted by Crippen LogP contribution is -1.91. The van der Waals surface area contributed by atoms with Crippen molar-refractivity contribution in [1.29, 1.82) is 0 Å². The Labute approximate surface area is 132 Å². The van der Waals surface area contributed by atoms with Crippen molar-refractivity contribution < 1.29 is 13.2 Å². The summed E-state index contributed by atoms with van der Waals surface area (Å²) >= 11 is 0. The van der Waals surface area contributed by atoms with Crippen LogP contribution in [0.2, 0.25) is 0 Å². The average Bonchev–Trinajstić information content (AvgIpc) is 2.56. The second-order valence-corrected chi connectivity index (χ2v) is 5.44. The van der Waals surface area contributed by atoms with Crippen molar-refractivity contribution in [3.8, 4) is 11.1 Å². The van der Waals surface area contributed by atoms with Crippen molar-refractivity contribution in [2.24, 2.45) is 0 Å². The second kappa shape index (κ2) is 6.29. The zero-order chi connectivity index (χ0) is 16.4. The topological polar surface area (TPSA) is 0 Å². The van der Waals surface area contributed by atoms with E-state index in [1.165, 1.54) is 18.2 Å². The van der Waals surface area contributed by atoms with Gasteiger partial charge in [0, 0.05) is 10.9 Å². The minimum Gasteiger partial charge on any atom is -0.206 e. The van der Waals surface area contributed by atoms with Crippen LogP contribution in [-0.4, -0.2) is 0 Å². The molecule has 0 amide bonds. The van der Waals surface area contributed by atoms with E-state index in [1.54, 1.807) is 24.3 Å². The first-order chi connectivity index (χ1) is 11.1. The molecule has 3 rings (SSSR count). The Bertz CT molecular complexity index is 881. The highest BCUT2D eigenvalue weighted by Crippen LogP contribution is 2.29. The molecule has 0 heterocycles. The second-order valence-electron chi connectivity index (χ2n) is 5.44. The van der Waals surface area contributed by atoms with E-state index < -0.39 is 11.6 Å². The first-order valence-corrected chi connectivity index (χ1v) is 7.37. The first-order valence-electron chi connectivity index (χ1n) is 7.37. The van der Waals surface area contributed by atoms with Crippen molar-refractivity contribution in [2.45, 2.75) is 12.8 Å². The maximum absolute atomic E-state index is 14.3. The number of benzene rings is 3. The monoisotopic (exact) mass is 312 g/mol. The molecule has 0 aliphatic carbocycles. The van der Waals surface area contributed by atoms with E-state index in [9.17, 15) is 13.2 Å². The van der Waals surface area contributed by atoms with E-state index in [0.29, 0.717) is 16.5 Å². The Morgan fingerprint density at radius 3 is 2.43 bits per heavy atom. The number of fused-ring (bicyclic) bond motifs is 1. The minimum atomic E-state index is -0.886. The zero-order valence-corrected chi connectivity index (χ0v) is 12.5. The molecule has 3 heteroatoms. The minimum absolute atomic E-state index is 0.191. The summed E-state index contributed by atoms with van der Waals surface area (Å²) in [6, 6.07) is 12.4. The van der Waals surface area contributed by atoms with Crippen molar-refractivity contribution in [3.05, 3.63) is 84.2 Å². The fourth-order valence-corrected chi connectivity index (χ4v) is 2.65. The summed E-state index contributed by atoms with van der Waals surface area (Å²) in [5.41, 5.74) is 1.98. The standard InChI is InChI=1S/C20H15F3/c1-2-3-4-13-5-8-16(19(22)11-13)14-6-9-17-15(12-14)7-10-18(21)20(17)23/h2,5-12H,1,3-4H2. The first kappa shape index (κ1) is 15.3. The fourth-order valence-electron chi connectivity index (χ4n) is 2.65. The molecule has 0 atom stereocenters. The fraction of sp³-hybridized carbons (Fsp3) is 0.100. The highest BCUT2D eigenvalue weighted by Gasteiger charge is 2.10. The van der Waals surface area contributed by atoms with E-state index in [1.807, 2.05) is 6.07 Å². The number of aryl methyl sites for hydroxylation is 1.